The number of H-pyrrole nitrogens is 1. The van der Waals surface area contributed by atoms with Crippen molar-refractivity contribution in [3.63, 3.8) is 0 Å². The molecule has 23 heavy (non-hydrogen) atoms. The minimum absolute atomic E-state index is 0.605. The Kier molecular flexibility index (Phi) is 4.81. The number of benzene rings is 2. The highest BCUT2D eigenvalue weighted by Gasteiger charge is 2.10. The summed E-state index contributed by atoms with van der Waals surface area (Å²) in [5, 5.41) is 0. The molecule has 0 amide bonds. The third kappa shape index (κ3) is 3.47. The van der Waals surface area contributed by atoms with Gasteiger partial charge in [0.1, 0.15) is 5.82 Å². The van der Waals surface area contributed by atoms with Crippen LogP contribution in [0.5, 0.6) is 11.5 Å². The van der Waals surface area contributed by atoms with E-state index in [0.717, 1.165) is 46.8 Å². The molecule has 1 heterocycles. The highest BCUT2D eigenvalue weighted by molar-refractivity contribution is 5.79. The van der Waals surface area contributed by atoms with Crippen molar-refractivity contribution in [2.45, 2.75) is 26.7 Å². The number of aromatic nitrogens is 2. The van der Waals surface area contributed by atoms with E-state index < -0.39 is 0 Å². The number of para-hydroxylation sites is 2. The molecule has 0 saturated heterocycles. The van der Waals surface area contributed by atoms with Crippen molar-refractivity contribution in [2.75, 3.05) is 13.2 Å². The number of rotatable bonds is 7. The second-order valence-corrected chi connectivity index (χ2v) is 5.40. The van der Waals surface area contributed by atoms with Crippen molar-refractivity contribution in [3.8, 4) is 22.9 Å². The molecule has 2 aromatic carbocycles. The quantitative estimate of drug-likeness (QED) is 0.637. The van der Waals surface area contributed by atoms with Crippen LogP contribution in [0.25, 0.3) is 22.4 Å². The highest BCUT2D eigenvalue weighted by Crippen LogP contribution is 2.32. The summed E-state index contributed by atoms with van der Waals surface area (Å²) in [7, 11) is 0. The first-order valence-electron chi connectivity index (χ1n) is 8.16. The molecule has 0 unspecified atom stereocenters. The van der Waals surface area contributed by atoms with Gasteiger partial charge in [-0.15, -0.1) is 0 Å². The lowest BCUT2D eigenvalue weighted by Gasteiger charge is -2.12. The fourth-order valence-electron chi connectivity index (χ4n) is 2.46. The number of fused-ring (bicyclic) bond motifs is 1. The van der Waals surface area contributed by atoms with Crippen molar-refractivity contribution in [3.05, 3.63) is 42.5 Å². The molecule has 1 N–H and O–H groups in total. The van der Waals surface area contributed by atoms with Crippen LogP contribution in [0.15, 0.2) is 42.5 Å². The van der Waals surface area contributed by atoms with Crippen LogP contribution in [0.4, 0.5) is 0 Å². The molecule has 0 saturated carbocycles. The first-order chi connectivity index (χ1) is 11.3. The lowest BCUT2D eigenvalue weighted by molar-refractivity contribution is 0.273. The van der Waals surface area contributed by atoms with E-state index in [1.165, 1.54) is 0 Å². The van der Waals surface area contributed by atoms with Crippen LogP contribution in [-0.4, -0.2) is 23.2 Å². The van der Waals surface area contributed by atoms with Gasteiger partial charge >= 0.3 is 0 Å². The van der Waals surface area contributed by atoms with Crippen LogP contribution < -0.4 is 9.47 Å². The van der Waals surface area contributed by atoms with Crippen LogP contribution in [0.2, 0.25) is 0 Å². The number of unbranched alkanes of at least 4 members (excludes halogenated alkanes) is 1. The third-order valence-corrected chi connectivity index (χ3v) is 3.66. The van der Waals surface area contributed by atoms with Gasteiger partial charge in [-0.05, 0) is 43.7 Å². The largest absolute Gasteiger partial charge is 0.490 e. The first kappa shape index (κ1) is 15.4. The average molecular weight is 310 g/mol. The second-order valence-electron chi connectivity index (χ2n) is 5.40. The van der Waals surface area contributed by atoms with Crippen molar-refractivity contribution in [2.24, 2.45) is 0 Å². The van der Waals surface area contributed by atoms with Gasteiger partial charge in [-0.2, -0.15) is 0 Å². The number of nitrogens with zero attached hydrogens (tertiary/aromatic N) is 1. The van der Waals surface area contributed by atoms with E-state index in [2.05, 4.69) is 16.9 Å². The van der Waals surface area contributed by atoms with Gasteiger partial charge in [0.15, 0.2) is 11.5 Å². The molecular formula is C19H22N2O2. The zero-order chi connectivity index (χ0) is 16.1. The Morgan fingerprint density at radius 3 is 2.65 bits per heavy atom. The summed E-state index contributed by atoms with van der Waals surface area (Å²) < 4.78 is 11.6. The Morgan fingerprint density at radius 1 is 1.00 bits per heavy atom. The molecule has 0 bridgehead atoms. The summed E-state index contributed by atoms with van der Waals surface area (Å²) in [4.78, 5) is 7.98. The molecule has 0 spiro atoms. The van der Waals surface area contributed by atoms with Gasteiger partial charge in [0, 0.05) is 5.56 Å². The third-order valence-electron chi connectivity index (χ3n) is 3.66. The van der Waals surface area contributed by atoms with E-state index in [-0.39, 0.29) is 0 Å². The summed E-state index contributed by atoms with van der Waals surface area (Å²) in [6, 6.07) is 14.0. The van der Waals surface area contributed by atoms with Gasteiger partial charge in [0.2, 0.25) is 0 Å². The van der Waals surface area contributed by atoms with Crippen LogP contribution in [0.3, 0.4) is 0 Å². The Balaban J connectivity index is 1.91. The Morgan fingerprint density at radius 2 is 1.87 bits per heavy atom. The van der Waals surface area contributed by atoms with Gasteiger partial charge < -0.3 is 14.5 Å². The number of ether oxygens (including phenoxy) is 2. The highest BCUT2D eigenvalue weighted by atomic mass is 16.5. The molecule has 0 aliphatic heterocycles. The average Bonchev–Trinajstić information content (AvgIpc) is 3.00. The van der Waals surface area contributed by atoms with E-state index >= 15 is 0 Å². The zero-order valence-corrected chi connectivity index (χ0v) is 13.6. The molecule has 0 aliphatic rings. The Hall–Kier alpha value is -2.49. The fourth-order valence-corrected chi connectivity index (χ4v) is 2.46. The zero-order valence-electron chi connectivity index (χ0n) is 13.6. The van der Waals surface area contributed by atoms with Gasteiger partial charge in [-0.25, -0.2) is 4.98 Å². The minimum atomic E-state index is 0.605. The van der Waals surface area contributed by atoms with Crippen LogP contribution in [0, 0.1) is 0 Å². The minimum Gasteiger partial charge on any atom is -0.490 e. The molecule has 0 aliphatic carbocycles. The van der Waals surface area contributed by atoms with Gasteiger partial charge in [0.05, 0.1) is 24.2 Å². The molecule has 3 aromatic rings. The second kappa shape index (κ2) is 7.18. The first-order valence-corrected chi connectivity index (χ1v) is 8.16. The molecule has 4 nitrogen and oxygen atoms in total. The number of nitrogens with one attached hydrogen (secondary N) is 1. The standard InChI is InChI=1S/C19H22N2O2/c1-3-5-12-23-17-11-10-14(13-18(17)22-4-2)19-20-15-8-6-7-9-16(15)21-19/h6-11,13H,3-5,12H2,1-2H3,(H,20,21). The van der Waals surface area contributed by atoms with Crippen molar-refractivity contribution in [1.82, 2.24) is 9.97 Å². The molecule has 1 aromatic heterocycles. The molecular weight excluding hydrogens is 288 g/mol. The number of aromatic amines is 1. The number of hydrogen-bond donors (Lipinski definition) is 1. The summed E-state index contributed by atoms with van der Waals surface area (Å²) in [5.41, 5.74) is 2.99. The SMILES string of the molecule is CCCCOc1ccc(-c2nc3ccccc3[nH]2)cc1OCC. The van der Waals surface area contributed by atoms with Crippen LogP contribution >= 0.6 is 0 Å². The summed E-state index contributed by atoms with van der Waals surface area (Å²) in [6.45, 7) is 5.44. The molecule has 3 rings (SSSR count). The van der Waals surface area contributed by atoms with Crippen molar-refractivity contribution in [1.29, 1.82) is 0 Å². The van der Waals surface area contributed by atoms with E-state index in [1.807, 2.05) is 49.4 Å². The van der Waals surface area contributed by atoms with Crippen LogP contribution in [0.1, 0.15) is 26.7 Å². The van der Waals surface area contributed by atoms with E-state index in [1.54, 1.807) is 0 Å². The lowest BCUT2D eigenvalue weighted by Crippen LogP contribution is -2.01. The summed E-state index contributed by atoms with van der Waals surface area (Å²) in [6.07, 6.45) is 2.15. The Labute approximate surface area is 136 Å². The molecule has 0 radical (unpaired) electrons. The number of hydrogen-bond acceptors (Lipinski definition) is 3. The molecule has 0 fully saturated rings. The summed E-state index contributed by atoms with van der Waals surface area (Å²) in [5.74, 6) is 2.40. The fraction of sp³-hybridized carbons (Fsp3) is 0.316. The molecule has 120 valence electrons. The van der Waals surface area contributed by atoms with E-state index in [0.29, 0.717) is 13.2 Å². The summed E-state index contributed by atoms with van der Waals surface area (Å²) >= 11 is 0. The van der Waals surface area contributed by atoms with Gasteiger partial charge in [0.25, 0.3) is 0 Å². The van der Waals surface area contributed by atoms with Crippen molar-refractivity contribution < 1.29 is 9.47 Å². The van der Waals surface area contributed by atoms with Crippen LogP contribution in [-0.2, 0) is 0 Å². The molecule has 0 atom stereocenters. The smallest absolute Gasteiger partial charge is 0.161 e. The van der Waals surface area contributed by atoms with Gasteiger partial charge in [-0.1, -0.05) is 25.5 Å². The number of imidazole rings is 1. The van der Waals surface area contributed by atoms with E-state index in [9.17, 15) is 0 Å². The predicted molar refractivity (Wildman–Crippen MR) is 93.1 cm³/mol. The Bertz CT molecular complexity index is 747. The predicted octanol–water partition coefficient (Wildman–Crippen LogP) is 4.81. The maximum atomic E-state index is 5.82. The van der Waals surface area contributed by atoms with Gasteiger partial charge in [-0.3, -0.25) is 0 Å². The normalized spacial score (nSPS) is 10.9. The monoisotopic (exact) mass is 310 g/mol. The maximum Gasteiger partial charge on any atom is 0.161 e. The van der Waals surface area contributed by atoms with E-state index in [4.69, 9.17) is 9.47 Å². The molecule has 4 heteroatoms. The van der Waals surface area contributed by atoms with Crippen molar-refractivity contribution >= 4 is 11.0 Å². The topological polar surface area (TPSA) is 47.1 Å². The lowest BCUT2D eigenvalue weighted by atomic mass is 10.2. The maximum absolute atomic E-state index is 5.82.